The van der Waals surface area contributed by atoms with E-state index in [9.17, 15) is 14.3 Å². The maximum Gasteiger partial charge on any atom is 0.488 e. The number of hydrogen-bond donors (Lipinski definition) is 0. The van der Waals surface area contributed by atoms with Crippen molar-refractivity contribution in [2.75, 3.05) is 6.61 Å². The van der Waals surface area contributed by atoms with Crippen LogP contribution in [-0.4, -0.2) is 12.4 Å². The first-order valence-electron chi connectivity index (χ1n) is 3.55. The highest BCUT2D eigenvalue weighted by Crippen LogP contribution is 2.09. The zero-order valence-electron chi connectivity index (χ0n) is 6.67. The summed E-state index contributed by atoms with van der Waals surface area (Å²) < 4.78 is 14.2. The summed E-state index contributed by atoms with van der Waals surface area (Å²) in [7, 11) is -2.94. The fraction of sp³-hybridized carbons (Fsp3) is 0.125. The molecule has 0 fully saturated rings. The maximum absolute atomic E-state index is 11.2. The Hall–Kier alpha value is -1.09. The fourth-order valence-corrected chi connectivity index (χ4v) is 1.04. The van der Waals surface area contributed by atoms with Gasteiger partial charge in [0.2, 0.25) is 0 Å². The van der Waals surface area contributed by atoms with Crippen molar-refractivity contribution in [3.05, 3.63) is 35.9 Å². The normalized spacial score (nSPS) is 11.0. The van der Waals surface area contributed by atoms with Crippen LogP contribution in [0.5, 0.6) is 0 Å². The van der Waals surface area contributed by atoms with Crippen molar-refractivity contribution in [2.24, 2.45) is 0 Å². The molecule has 0 bridgehead atoms. The lowest BCUT2D eigenvalue weighted by molar-refractivity contribution is -0.184. The summed E-state index contributed by atoms with van der Waals surface area (Å²) in [4.78, 5) is 21.2. The second-order valence-corrected chi connectivity index (χ2v) is 2.99. The minimum absolute atomic E-state index is 0.347. The number of Topliss-reactive ketones (excluding diaryl/α,β-unsaturated/α-hetero) is 1. The summed E-state index contributed by atoms with van der Waals surface area (Å²) in [5.74, 6) is -0.347. The Bertz CT molecular complexity index is 309. The molecule has 1 rings (SSSR count). The van der Waals surface area contributed by atoms with Crippen molar-refractivity contribution in [1.29, 1.82) is 0 Å². The number of benzene rings is 1. The third kappa shape index (κ3) is 3.42. The lowest BCUT2D eigenvalue weighted by Crippen LogP contribution is -2.07. The van der Waals surface area contributed by atoms with Gasteiger partial charge < -0.3 is 4.89 Å². The Balaban J connectivity index is 2.54. The molecule has 1 unspecified atom stereocenters. The molecule has 13 heavy (non-hydrogen) atoms. The molecule has 0 aliphatic heterocycles. The van der Waals surface area contributed by atoms with Crippen molar-refractivity contribution in [2.45, 2.75) is 0 Å². The van der Waals surface area contributed by atoms with E-state index in [0.717, 1.165) is 0 Å². The van der Waals surface area contributed by atoms with Crippen molar-refractivity contribution in [3.63, 3.8) is 0 Å². The quantitative estimate of drug-likeness (QED) is 0.532. The van der Waals surface area contributed by atoms with E-state index >= 15 is 0 Å². The van der Waals surface area contributed by atoms with Gasteiger partial charge in [0.25, 0.3) is 0 Å². The van der Waals surface area contributed by atoms with Crippen LogP contribution in [0.2, 0.25) is 0 Å². The van der Waals surface area contributed by atoms with E-state index in [2.05, 4.69) is 4.52 Å². The van der Waals surface area contributed by atoms with Crippen LogP contribution in [0.3, 0.4) is 0 Å². The van der Waals surface area contributed by atoms with Crippen LogP contribution in [0.15, 0.2) is 30.3 Å². The van der Waals surface area contributed by atoms with Gasteiger partial charge in [-0.25, -0.2) is 0 Å². The summed E-state index contributed by atoms with van der Waals surface area (Å²) in [6.07, 6.45) is 0. The van der Waals surface area contributed by atoms with E-state index < -0.39 is 14.9 Å². The average molecular weight is 198 g/mol. The lowest BCUT2D eigenvalue weighted by atomic mass is 10.1. The van der Waals surface area contributed by atoms with E-state index in [1.807, 2.05) is 0 Å². The van der Waals surface area contributed by atoms with Gasteiger partial charge in [0.05, 0.1) is 0 Å². The molecule has 0 heterocycles. The van der Waals surface area contributed by atoms with Crippen molar-refractivity contribution in [1.82, 2.24) is 0 Å². The van der Waals surface area contributed by atoms with Gasteiger partial charge in [-0.05, 0) is 4.57 Å². The molecule has 0 spiro atoms. The van der Waals surface area contributed by atoms with Gasteiger partial charge in [0.1, 0.15) is 0 Å². The molecule has 0 saturated carbocycles. The molecule has 1 aromatic rings. The van der Waals surface area contributed by atoms with E-state index in [1.165, 1.54) is 0 Å². The molecule has 0 aromatic heterocycles. The average Bonchev–Trinajstić information content (AvgIpc) is 2.15. The molecule has 0 amide bonds. The molecular formula is C8H7O4P. The molecule has 0 aliphatic rings. The van der Waals surface area contributed by atoms with Gasteiger partial charge in [0, 0.05) is 5.56 Å². The number of rotatable bonds is 4. The number of carbonyl (C=O) groups is 1. The fourth-order valence-electron chi connectivity index (χ4n) is 0.819. The van der Waals surface area contributed by atoms with Crippen molar-refractivity contribution < 1.29 is 18.8 Å². The van der Waals surface area contributed by atoms with Crippen LogP contribution in [-0.2, 0) is 9.09 Å². The molecule has 1 aromatic carbocycles. The van der Waals surface area contributed by atoms with Gasteiger partial charge in [-0.1, -0.05) is 30.3 Å². The number of ketones is 1. The van der Waals surface area contributed by atoms with E-state index in [1.54, 1.807) is 30.3 Å². The summed E-state index contributed by atoms with van der Waals surface area (Å²) in [5, 5.41) is 0. The van der Waals surface area contributed by atoms with Crippen LogP contribution >= 0.6 is 8.25 Å². The molecule has 0 radical (unpaired) electrons. The molecular weight excluding hydrogens is 191 g/mol. The highest BCUT2D eigenvalue weighted by atomic mass is 31.1. The Morgan fingerprint density at radius 1 is 1.38 bits per heavy atom. The number of hydrogen-bond acceptors (Lipinski definition) is 4. The third-order valence-corrected chi connectivity index (χ3v) is 1.74. The van der Waals surface area contributed by atoms with Crippen molar-refractivity contribution in [3.8, 4) is 0 Å². The van der Waals surface area contributed by atoms with Crippen LogP contribution in [0.4, 0.5) is 0 Å². The standard InChI is InChI=1S/C8H7O4P/c9-8(6-12-13(10)11)7-4-2-1-3-5-7/h1-5H,6H2. The SMILES string of the molecule is O=C(CO[P+](=O)[O-])c1ccccc1. The van der Waals surface area contributed by atoms with E-state index in [-0.39, 0.29) is 5.78 Å². The largest absolute Gasteiger partial charge is 0.566 e. The van der Waals surface area contributed by atoms with Gasteiger partial charge in [-0.3, -0.25) is 4.79 Å². The zero-order chi connectivity index (χ0) is 9.68. The van der Waals surface area contributed by atoms with Crippen molar-refractivity contribution >= 4 is 14.0 Å². The molecule has 0 aliphatic carbocycles. The van der Waals surface area contributed by atoms with E-state index in [0.29, 0.717) is 5.56 Å². The molecule has 68 valence electrons. The highest BCUT2D eigenvalue weighted by Gasteiger charge is 2.10. The lowest BCUT2D eigenvalue weighted by Gasteiger charge is -1.95. The van der Waals surface area contributed by atoms with Gasteiger partial charge in [0.15, 0.2) is 12.4 Å². The molecule has 0 N–H and O–H groups in total. The predicted octanol–water partition coefficient (Wildman–Crippen LogP) is 0.904. The van der Waals surface area contributed by atoms with Crippen LogP contribution < -0.4 is 4.89 Å². The van der Waals surface area contributed by atoms with Gasteiger partial charge in [-0.15, -0.1) is 4.52 Å². The Kier molecular flexibility index (Phi) is 3.71. The monoisotopic (exact) mass is 198 g/mol. The van der Waals surface area contributed by atoms with Crippen LogP contribution in [0.25, 0.3) is 0 Å². The summed E-state index contributed by atoms with van der Waals surface area (Å²) in [6.45, 7) is -0.428. The molecule has 5 heteroatoms. The summed E-state index contributed by atoms with van der Waals surface area (Å²) in [6, 6.07) is 8.37. The van der Waals surface area contributed by atoms with E-state index in [4.69, 9.17) is 0 Å². The van der Waals surface area contributed by atoms with Gasteiger partial charge in [-0.2, -0.15) is 0 Å². The minimum atomic E-state index is -2.94. The molecule has 4 nitrogen and oxygen atoms in total. The topological polar surface area (TPSA) is 66.4 Å². The second-order valence-electron chi connectivity index (χ2n) is 2.29. The molecule has 0 saturated heterocycles. The minimum Gasteiger partial charge on any atom is -0.566 e. The second kappa shape index (κ2) is 4.82. The summed E-state index contributed by atoms with van der Waals surface area (Å²) in [5.41, 5.74) is 0.444. The Labute approximate surface area is 76.1 Å². The highest BCUT2D eigenvalue weighted by molar-refractivity contribution is 7.30. The number of carbonyl (C=O) groups excluding carboxylic acids is 1. The Morgan fingerprint density at radius 2 is 2.00 bits per heavy atom. The van der Waals surface area contributed by atoms with Crippen LogP contribution in [0.1, 0.15) is 10.4 Å². The molecule has 1 atom stereocenters. The predicted molar refractivity (Wildman–Crippen MR) is 44.3 cm³/mol. The van der Waals surface area contributed by atoms with Gasteiger partial charge >= 0.3 is 8.25 Å². The Morgan fingerprint density at radius 3 is 2.54 bits per heavy atom. The summed E-state index contributed by atoms with van der Waals surface area (Å²) >= 11 is 0. The first kappa shape index (κ1) is 9.99. The first-order chi connectivity index (χ1) is 6.20. The maximum atomic E-state index is 11.2. The third-order valence-electron chi connectivity index (χ3n) is 1.40. The smallest absolute Gasteiger partial charge is 0.488 e. The first-order valence-corrected chi connectivity index (χ1v) is 4.65. The van der Waals surface area contributed by atoms with Crippen LogP contribution in [0, 0.1) is 0 Å². The zero-order valence-corrected chi connectivity index (χ0v) is 7.57.